The van der Waals surface area contributed by atoms with Crippen LogP contribution in [-0.2, 0) is 5.75 Å². The van der Waals surface area contributed by atoms with Crippen LogP contribution in [0.25, 0.3) is 11.5 Å². The molecular formula is C15H13N3O2S. The highest BCUT2D eigenvalue weighted by atomic mass is 32.2. The van der Waals surface area contributed by atoms with Crippen LogP contribution in [-0.4, -0.2) is 15.2 Å². The fraction of sp³-hybridized carbons (Fsp3) is 0.0667. The van der Waals surface area contributed by atoms with Crippen molar-refractivity contribution >= 4 is 17.4 Å². The van der Waals surface area contributed by atoms with E-state index in [4.69, 9.17) is 10.3 Å². The number of aromatic nitrogens is 2. The molecule has 3 rings (SSSR count). The molecule has 3 N–H and O–H groups in total. The first kappa shape index (κ1) is 13.5. The Hall–Kier alpha value is -2.47. The second kappa shape index (κ2) is 5.88. The molecule has 5 nitrogen and oxygen atoms in total. The highest BCUT2D eigenvalue weighted by molar-refractivity contribution is 7.98. The van der Waals surface area contributed by atoms with E-state index in [1.165, 1.54) is 6.07 Å². The maximum atomic E-state index is 9.85. The number of nitrogen functional groups attached to an aromatic ring is 1. The lowest BCUT2D eigenvalue weighted by Crippen LogP contribution is -1.87. The van der Waals surface area contributed by atoms with Gasteiger partial charge in [0.15, 0.2) is 5.82 Å². The average molecular weight is 299 g/mol. The Balaban J connectivity index is 1.74. The van der Waals surface area contributed by atoms with E-state index in [9.17, 15) is 5.11 Å². The van der Waals surface area contributed by atoms with Crippen LogP contribution in [0, 0.1) is 0 Å². The maximum Gasteiger partial charge on any atom is 0.261 e. The van der Waals surface area contributed by atoms with Gasteiger partial charge >= 0.3 is 0 Å². The van der Waals surface area contributed by atoms with Crippen LogP contribution in [0.5, 0.6) is 5.75 Å². The number of hydrogen-bond acceptors (Lipinski definition) is 6. The zero-order valence-corrected chi connectivity index (χ0v) is 11.9. The first-order chi connectivity index (χ1) is 10.2. The van der Waals surface area contributed by atoms with Gasteiger partial charge in [-0.1, -0.05) is 23.4 Å². The second-order valence-electron chi connectivity index (χ2n) is 4.39. The van der Waals surface area contributed by atoms with Crippen LogP contribution in [0.2, 0.25) is 0 Å². The minimum Gasteiger partial charge on any atom is -0.507 e. The third-order valence-corrected chi connectivity index (χ3v) is 3.84. The fourth-order valence-corrected chi connectivity index (χ4v) is 2.58. The Morgan fingerprint density at radius 2 is 1.95 bits per heavy atom. The number of benzene rings is 2. The van der Waals surface area contributed by atoms with Crippen molar-refractivity contribution in [2.75, 3.05) is 5.73 Å². The van der Waals surface area contributed by atoms with Crippen LogP contribution in [0.3, 0.4) is 0 Å². The number of phenols is 1. The smallest absolute Gasteiger partial charge is 0.261 e. The SMILES string of the molecule is Nc1ccc(-c2nc(CSc3ccccc3)no2)c(O)c1. The molecule has 2 aromatic carbocycles. The molecule has 106 valence electrons. The van der Waals surface area contributed by atoms with E-state index in [1.807, 2.05) is 30.3 Å². The van der Waals surface area contributed by atoms with Gasteiger partial charge in [0.25, 0.3) is 5.89 Å². The largest absolute Gasteiger partial charge is 0.507 e. The van der Waals surface area contributed by atoms with Crippen molar-refractivity contribution < 1.29 is 9.63 Å². The summed E-state index contributed by atoms with van der Waals surface area (Å²) in [6, 6.07) is 14.8. The third-order valence-electron chi connectivity index (χ3n) is 2.83. The normalized spacial score (nSPS) is 10.7. The van der Waals surface area contributed by atoms with E-state index < -0.39 is 0 Å². The molecule has 3 aromatic rings. The van der Waals surface area contributed by atoms with Crippen LogP contribution in [0.4, 0.5) is 5.69 Å². The number of thioether (sulfide) groups is 1. The van der Waals surface area contributed by atoms with E-state index in [0.717, 1.165) is 4.90 Å². The molecule has 0 aliphatic carbocycles. The highest BCUT2D eigenvalue weighted by Crippen LogP contribution is 2.30. The summed E-state index contributed by atoms with van der Waals surface area (Å²) in [4.78, 5) is 5.42. The number of nitrogens with two attached hydrogens (primary N) is 1. The lowest BCUT2D eigenvalue weighted by atomic mass is 10.2. The van der Waals surface area contributed by atoms with Gasteiger partial charge in [-0.15, -0.1) is 11.8 Å². The van der Waals surface area contributed by atoms with Crippen LogP contribution < -0.4 is 5.73 Å². The van der Waals surface area contributed by atoms with Gasteiger partial charge in [0.2, 0.25) is 0 Å². The molecular weight excluding hydrogens is 286 g/mol. The third kappa shape index (κ3) is 3.17. The topological polar surface area (TPSA) is 85.2 Å². The minimum atomic E-state index is 0.0286. The number of rotatable bonds is 4. The molecule has 0 atom stereocenters. The molecule has 1 heterocycles. The number of hydrogen-bond donors (Lipinski definition) is 2. The number of anilines is 1. The summed E-state index contributed by atoms with van der Waals surface area (Å²) < 4.78 is 5.18. The van der Waals surface area contributed by atoms with Crippen LogP contribution in [0.1, 0.15) is 5.82 Å². The van der Waals surface area contributed by atoms with Gasteiger partial charge in [0, 0.05) is 16.6 Å². The summed E-state index contributed by atoms with van der Waals surface area (Å²) in [5.41, 5.74) is 6.55. The number of phenolic OH excluding ortho intramolecular Hbond substituents is 1. The van der Waals surface area contributed by atoms with E-state index in [2.05, 4.69) is 10.1 Å². The van der Waals surface area contributed by atoms with Crippen molar-refractivity contribution in [3.05, 3.63) is 54.4 Å². The Morgan fingerprint density at radius 3 is 2.71 bits per heavy atom. The average Bonchev–Trinajstić information content (AvgIpc) is 2.95. The predicted molar refractivity (Wildman–Crippen MR) is 81.8 cm³/mol. The lowest BCUT2D eigenvalue weighted by Gasteiger charge is -1.99. The van der Waals surface area contributed by atoms with Gasteiger partial charge in [0.1, 0.15) is 5.75 Å². The predicted octanol–water partition coefficient (Wildman–Crippen LogP) is 3.32. The fourth-order valence-electron chi connectivity index (χ4n) is 1.82. The summed E-state index contributed by atoms with van der Waals surface area (Å²) in [6.07, 6.45) is 0. The Kier molecular flexibility index (Phi) is 3.79. The summed E-state index contributed by atoms with van der Waals surface area (Å²) in [5, 5.41) is 13.8. The first-order valence-electron chi connectivity index (χ1n) is 6.31. The second-order valence-corrected chi connectivity index (χ2v) is 5.44. The Bertz CT molecular complexity index is 744. The quantitative estimate of drug-likeness (QED) is 0.568. The molecule has 0 aliphatic rings. The monoisotopic (exact) mass is 299 g/mol. The van der Waals surface area contributed by atoms with Crippen molar-refractivity contribution in [3.8, 4) is 17.2 Å². The molecule has 21 heavy (non-hydrogen) atoms. The molecule has 0 aliphatic heterocycles. The van der Waals surface area contributed by atoms with Crippen molar-refractivity contribution in [2.24, 2.45) is 0 Å². The van der Waals surface area contributed by atoms with Crippen molar-refractivity contribution in [1.82, 2.24) is 10.1 Å². The summed E-state index contributed by atoms with van der Waals surface area (Å²) in [5.74, 6) is 1.50. The molecule has 1 aromatic heterocycles. The molecule has 6 heteroatoms. The highest BCUT2D eigenvalue weighted by Gasteiger charge is 2.13. The van der Waals surface area contributed by atoms with Gasteiger partial charge in [-0.05, 0) is 24.3 Å². The van der Waals surface area contributed by atoms with Crippen molar-refractivity contribution in [2.45, 2.75) is 10.6 Å². The van der Waals surface area contributed by atoms with E-state index >= 15 is 0 Å². The molecule has 0 unspecified atom stereocenters. The lowest BCUT2D eigenvalue weighted by molar-refractivity contribution is 0.419. The van der Waals surface area contributed by atoms with Gasteiger partial charge in [0.05, 0.1) is 11.3 Å². The standard InChI is InChI=1S/C15H13N3O2S/c16-10-6-7-12(13(19)8-10)15-17-14(18-20-15)9-21-11-4-2-1-3-5-11/h1-8,19H,9,16H2. The minimum absolute atomic E-state index is 0.0286. The van der Waals surface area contributed by atoms with E-state index in [0.29, 0.717) is 22.8 Å². The maximum absolute atomic E-state index is 9.85. The molecule has 0 fully saturated rings. The zero-order chi connectivity index (χ0) is 14.7. The first-order valence-corrected chi connectivity index (χ1v) is 7.30. The molecule has 0 saturated carbocycles. The summed E-state index contributed by atoms with van der Waals surface area (Å²) in [6.45, 7) is 0. The van der Waals surface area contributed by atoms with Gasteiger partial charge in [-0.2, -0.15) is 4.98 Å². The van der Waals surface area contributed by atoms with Crippen molar-refractivity contribution in [3.63, 3.8) is 0 Å². The Morgan fingerprint density at radius 1 is 1.14 bits per heavy atom. The summed E-state index contributed by atoms with van der Waals surface area (Å²) in [7, 11) is 0. The molecule has 0 radical (unpaired) electrons. The van der Waals surface area contributed by atoms with Crippen molar-refractivity contribution in [1.29, 1.82) is 0 Å². The van der Waals surface area contributed by atoms with Gasteiger partial charge < -0.3 is 15.4 Å². The van der Waals surface area contributed by atoms with E-state index in [1.54, 1.807) is 23.9 Å². The zero-order valence-electron chi connectivity index (χ0n) is 11.1. The Labute approximate surface area is 125 Å². The van der Waals surface area contributed by atoms with E-state index in [-0.39, 0.29) is 11.6 Å². The van der Waals surface area contributed by atoms with Crippen LogP contribution in [0.15, 0.2) is 57.9 Å². The molecule has 0 spiro atoms. The summed E-state index contributed by atoms with van der Waals surface area (Å²) >= 11 is 1.62. The van der Waals surface area contributed by atoms with Crippen LogP contribution >= 0.6 is 11.8 Å². The van der Waals surface area contributed by atoms with Gasteiger partial charge in [-0.3, -0.25) is 0 Å². The molecule has 0 saturated heterocycles. The molecule has 0 amide bonds. The number of aromatic hydroxyl groups is 1. The number of nitrogens with zero attached hydrogens (tertiary/aromatic N) is 2. The van der Waals surface area contributed by atoms with Gasteiger partial charge in [-0.25, -0.2) is 0 Å². The molecule has 0 bridgehead atoms.